The molecule has 25 heteroatoms. The number of nitrogens with one attached hydrogen (secondary N) is 1. The Morgan fingerprint density at radius 1 is 1.14 bits per heavy atom. The van der Waals surface area contributed by atoms with Gasteiger partial charge in [-0.05, 0) is 12.3 Å². The van der Waals surface area contributed by atoms with E-state index in [1.807, 2.05) is 0 Å². The molecule has 6 heterocycles. The predicted molar refractivity (Wildman–Crippen MR) is 155 cm³/mol. The van der Waals surface area contributed by atoms with Crippen LogP contribution >= 0.6 is 27.0 Å². The number of rotatable bonds is 3. The Hall–Kier alpha value is -0.910. The SMILES string of the molecule is CO[C@H]1[C@H]2OP(=O)([O-])OC[C@]34C[C@@H]3[C@@H](n3cnc5c(N)ncnc53)[C@H](O)[C@@H]4OP(=O)([O-])OC[C@H]1O[C@H]2c1scc2c(=O)[nH]c(N)nc12.[Na+].[Na+]. The van der Waals surface area contributed by atoms with E-state index in [4.69, 9.17) is 39.0 Å². The molecule has 4 aromatic heterocycles. The van der Waals surface area contributed by atoms with E-state index < -0.39 is 88.4 Å². The second kappa shape index (κ2) is 13.5. The number of imidazole rings is 1. The number of ether oxygens (including phenoxy) is 2. The van der Waals surface area contributed by atoms with Gasteiger partial charge in [-0.2, -0.15) is 0 Å². The second-order valence-corrected chi connectivity index (χ2v) is 15.4. The summed E-state index contributed by atoms with van der Waals surface area (Å²) in [6, 6.07) is -0.847. The van der Waals surface area contributed by atoms with Crippen LogP contribution in [0.5, 0.6) is 0 Å². The zero-order valence-corrected chi connectivity index (χ0v) is 32.7. The van der Waals surface area contributed by atoms with E-state index in [-0.39, 0.29) is 104 Å². The van der Waals surface area contributed by atoms with Crippen LogP contribution in [0.1, 0.15) is 23.4 Å². The van der Waals surface area contributed by atoms with Crippen molar-refractivity contribution in [3.05, 3.63) is 33.3 Å². The molecule has 0 amide bonds. The van der Waals surface area contributed by atoms with E-state index in [1.54, 1.807) is 0 Å². The molecule has 0 radical (unpaired) electrons. The zero-order chi connectivity index (χ0) is 33.0. The van der Waals surface area contributed by atoms with E-state index in [2.05, 4.69) is 24.9 Å². The largest absolute Gasteiger partial charge is 1.00 e. The molecule has 2 unspecified atom stereocenters. The molecule has 252 valence electrons. The first-order valence-electron chi connectivity index (χ1n) is 14.2. The maximum atomic E-state index is 13.5. The first-order valence-corrected chi connectivity index (χ1v) is 18.0. The molecule has 11 atom stereocenters. The van der Waals surface area contributed by atoms with Crippen molar-refractivity contribution in [2.75, 3.05) is 31.8 Å². The van der Waals surface area contributed by atoms with Crippen LogP contribution in [0.15, 0.2) is 22.8 Å². The summed E-state index contributed by atoms with van der Waals surface area (Å²) in [6.45, 7) is -1.28. The molecule has 4 aromatic rings. The first-order chi connectivity index (χ1) is 22.3. The Kier molecular flexibility index (Phi) is 10.4. The summed E-state index contributed by atoms with van der Waals surface area (Å²) < 4.78 is 61.7. The Morgan fingerprint density at radius 2 is 1.90 bits per heavy atom. The van der Waals surface area contributed by atoms with Crippen LogP contribution in [0.4, 0.5) is 11.8 Å². The number of nitrogens with zero attached hydrogens (tertiary/aromatic N) is 5. The number of aromatic nitrogens is 6. The van der Waals surface area contributed by atoms with Gasteiger partial charge < -0.3 is 58.5 Å². The van der Waals surface area contributed by atoms with Crippen molar-refractivity contribution in [2.24, 2.45) is 11.3 Å². The summed E-state index contributed by atoms with van der Waals surface area (Å²) in [5, 5.41) is 13.1. The van der Waals surface area contributed by atoms with Crippen molar-refractivity contribution in [3.8, 4) is 0 Å². The van der Waals surface area contributed by atoms with E-state index in [0.717, 1.165) is 11.3 Å². The third-order valence-corrected chi connectivity index (χ3v) is 12.2. The Labute approximate surface area is 324 Å². The minimum Gasteiger partial charge on any atom is -0.756 e. The topological polar surface area (TPSA) is 297 Å². The summed E-state index contributed by atoms with van der Waals surface area (Å²) in [5.41, 5.74) is 10.6. The summed E-state index contributed by atoms with van der Waals surface area (Å²) in [4.78, 5) is 58.5. The van der Waals surface area contributed by atoms with Crippen molar-refractivity contribution >= 4 is 60.8 Å². The van der Waals surface area contributed by atoms with Crippen molar-refractivity contribution in [1.82, 2.24) is 29.5 Å². The Balaban J connectivity index is 0.00000208. The normalized spacial score (nSPS) is 38.8. The number of H-pyrrole nitrogens is 1. The van der Waals surface area contributed by atoms with Gasteiger partial charge in [0.05, 0.1) is 41.4 Å². The zero-order valence-electron chi connectivity index (χ0n) is 26.1. The van der Waals surface area contributed by atoms with Crippen LogP contribution in [0.3, 0.4) is 0 Å². The summed E-state index contributed by atoms with van der Waals surface area (Å²) in [6.07, 6.45) is -5.24. The van der Waals surface area contributed by atoms with Gasteiger partial charge in [0.25, 0.3) is 21.2 Å². The molecule has 2 saturated heterocycles. The molecule has 20 nitrogen and oxygen atoms in total. The van der Waals surface area contributed by atoms with Crippen molar-refractivity contribution < 1.29 is 111 Å². The molecule has 4 aliphatic rings. The summed E-state index contributed by atoms with van der Waals surface area (Å²) >= 11 is 1.03. The predicted octanol–water partition coefficient (Wildman–Crippen LogP) is -6.87. The molecule has 0 aromatic carbocycles. The number of aromatic amines is 1. The van der Waals surface area contributed by atoms with Crippen molar-refractivity contribution in [1.29, 1.82) is 0 Å². The van der Waals surface area contributed by atoms with Crippen LogP contribution in [-0.4, -0.2) is 85.4 Å². The fourth-order valence-corrected chi connectivity index (χ4v) is 10.2. The number of methoxy groups -OCH3 is 1. The monoisotopic (exact) mass is 758 g/mol. The van der Waals surface area contributed by atoms with Gasteiger partial charge in [-0.15, -0.1) is 11.3 Å². The van der Waals surface area contributed by atoms with Crippen LogP contribution in [0.2, 0.25) is 0 Å². The number of nitrogens with two attached hydrogens (primary N) is 2. The molecule has 2 saturated carbocycles. The molecule has 2 aliphatic carbocycles. The average Bonchev–Trinajstić information content (AvgIpc) is 3.30. The minimum atomic E-state index is -5.21. The number of anilines is 2. The molecular weight excluding hydrogens is 732 g/mol. The smallest absolute Gasteiger partial charge is 0.756 e. The first kappa shape index (κ1) is 37.8. The third-order valence-electron chi connectivity index (χ3n) is 9.26. The standard InChI is InChI=1S/C24H28N8O12P2S.2Na/c1-39-15-10-3-40-45(35,36)44-19-14(33)13(32-7-29-12-20(25)27-6-28-21(12)32)9-2-24(9,19)5-41-46(37,38)43-16(15)17(42-10)18-11-8(4-47-18)22(34)31-23(26)30-11;;/h4,6-7,9-10,13-17,19,33H,2-3,5H2,1H3,(H,35,36)(H,37,38)(H2,25,27,28)(H3,26,30,31,34);;/q;2*+1/p-2/t9-,10-,13-,14+,15-,16-,17-,19+,24-;;/m1../s1. The molecular formula is C24H26N8Na2O12P2S. The van der Waals surface area contributed by atoms with Gasteiger partial charge in [-0.1, -0.05) is 0 Å². The van der Waals surface area contributed by atoms with Crippen molar-refractivity contribution in [2.45, 2.75) is 49.1 Å². The number of thiophene rings is 1. The molecule has 2 bridgehead atoms. The molecule has 6 N–H and O–H groups in total. The minimum absolute atomic E-state index is 0. The second-order valence-electron chi connectivity index (χ2n) is 11.8. The van der Waals surface area contributed by atoms with Crippen LogP contribution in [-0.2, 0) is 36.7 Å². The average molecular weight is 759 g/mol. The van der Waals surface area contributed by atoms with Crippen LogP contribution in [0.25, 0.3) is 22.1 Å². The maximum absolute atomic E-state index is 13.5. The van der Waals surface area contributed by atoms with Crippen molar-refractivity contribution in [3.63, 3.8) is 0 Å². The number of phosphoric acid groups is 2. The van der Waals surface area contributed by atoms with Crippen LogP contribution < -0.4 is 85.9 Å². The van der Waals surface area contributed by atoms with Gasteiger partial charge in [-0.25, -0.2) is 19.9 Å². The van der Waals surface area contributed by atoms with Gasteiger partial charge in [0.1, 0.15) is 48.5 Å². The molecule has 1 spiro atoms. The third kappa shape index (κ3) is 6.32. The number of fused-ring (bicyclic) bond motifs is 4. The van der Waals surface area contributed by atoms with Gasteiger partial charge in [0, 0.05) is 17.9 Å². The van der Waals surface area contributed by atoms with Gasteiger partial charge in [-0.3, -0.25) is 18.9 Å². The molecule has 2 aliphatic heterocycles. The van der Waals surface area contributed by atoms with E-state index >= 15 is 0 Å². The number of hydrogen-bond donors (Lipinski definition) is 4. The van der Waals surface area contributed by atoms with Gasteiger partial charge in [0.2, 0.25) is 5.95 Å². The summed E-state index contributed by atoms with van der Waals surface area (Å²) in [5.74, 6) is -0.621. The van der Waals surface area contributed by atoms with E-state index in [1.165, 1.54) is 29.7 Å². The number of phosphoric ester groups is 2. The van der Waals surface area contributed by atoms with Crippen LogP contribution in [0, 0.1) is 11.3 Å². The Morgan fingerprint density at radius 3 is 2.65 bits per heavy atom. The quantitative estimate of drug-likeness (QED) is 0.111. The molecule has 8 rings (SSSR count). The van der Waals surface area contributed by atoms with E-state index in [9.17, 15) is 28.8 Å². The number of aliphatic hydroxyl groups excluding tert-OH is 1. The molecule has 4 fully saturated rings. The maximum Gasteiger partial charge on any atom is 1.00 e. The number of nitrogen functional groups attached to an aromatic ring is 2. The molecule has 49 heavy (non-hydrogen) atoms. The fraction of sp³-hybridized carbons (Fsp3) is 0.542. The van der Waals surface area contributed by atoms with Gasteiger partial charge >= 0.3 is 59.1 Å². The van der Waals surface area contributed by atoms with Gasteiger partial charge in [0.15, 0.2) is 11.5 Å². The fourth-order valence-electron chi connectivity index (χ4n) is 7.12. The van der Waals surface area contributed by atoms with E-state index in [0.29, 0.717) is 0 Å². The Bertz CT molecular complexity index is 2070. The number of aliphatic hydroxyl groups is 1. The summed E-state index contributed by atoms with van der Waals surface area (Å²) in [7, 11) is -9.16. The number of hydrogen-bond acceptors (Lipinski definition) is 19.